The summed E-state index contributed by atoms with van der Waals surface area (Å²) >= 11 is 0. The van der Waals surface area contributed by atoms with Crippen molar-refractivity contribution in [1.82, 2.24) is 9.13 Å². The van der Waals surface area contributed by atoms with E-state index >= 15 is 0 Å². The maximum absolute atomic E-state index is 2.44. The first-order chi connectivity index (χ1) is 25.3. The largest absolute Gasteiger partial charge is 0.309 e. The van der Waals surface area contributed by atoms with Crippen LogP contribution in [0.4, 0.5) is 0 Å². The Labute approximate surface area is 296 Å². The zero-order valence-electron chi connectivity index (χ0n) is 27.9. The van der Waals surface area contributed by atoms with Gasteiger partial charge in [-0.3, -0.25) is 0 Å². The molecule has 1 aliphatic rings. The quantitative estimate of drug-likeness (QED) is 0.180. The van der Waals surface area contributed by atoms with Gasteiger partial charge in [-0.25, -0.2) is 0 Å². The van der Waals surface area contributed by atoms with E-state index in [1.54, 1.807) is 0 Å². The molecule has 51 heavy (non-hydrogen) atoms. The third-order valence-corrected chi connectivity index (χ3v) is 11.0. The Bertz CT molecular complexity index is 2950. The van der Waals surface area contributed by atoms with E-state index in [0.29, 0.717) is 0 Å². The van der Waals surface area contributed by atoms with Crippen molar-refractivity contribution in [3.05, 3.63) is 205 Å². The fraction of sp³-hybridized carbons (Fsp3) is 0.0204. The molecule has 1 atom stereocenters. The summed E-state index contributed by atoms with van der Waals surface area (Å²) in [6.45, 7) is 0. The van der Waals surface area contributed by atoms with Crippen molar-refractivity contribution >= 4 is 43.6 Å². The van der Waals surface area contributed by atoms with E-state index in [9.17, 15) is 0 Å². The molecule has 0 amide bonds. The first-order valence-electron chi connectivity index (χ1n) is 17.7. The number of para-hydroxylation sites is 3. The normalized spacial score (nSPS) is 13.7. The SMILES string of the molecule is c1ccc(C2c3ccccc3-c3cc(-c4ccc5c(c4)c4c6c7ccccc7n(-c7ccccc7)c6ccc4n5-c4ccccc4)ccc32)cc1. The minimum atomic E-state index is 0.244. The third-order valence-electron chi connectivity index (χ3n) is 11.0. The highest BCUT2D eigenvalue weighted by atomic mass is 15.0. The summed E-state index contributed by atoms with van der Waals surface area (Å²) in [6, 6.07) is 69.1. The van der Waals surface area contributed by atoms with Crippen molar-refractivity contribution in [1.29, 1.82) is 0 Å². The number of fused-ring (bicyclic) bond motifs is 10. The summed E-state index contributed by atoms with van der Waals surface area (Å²) in [5.74, 6) is 0.244. The highest BCUT2D eigenvalue weighted by Crippen LogP contribution is 2.49. The average Bonchev–Trinajstić information content (AvgIpc) is 3.84. The number of aromatic nitrogens is 2. The van der Waals surface area contributed by atoms with Crippen LogP contribution in [0.3, 0.4) is 0 Å². The van der Waals surface area contributed by atoms with Crippen LogP contribution in [0.1, 0.15) is 22.6 Å². The summed E-state index contributed by atoms with van der Waals surface area (Å²) in [4.78, 5) is 0. The van der Waals surface area contributed by atoms with Gasteiger partial charge < -0.3 is 9.13 Å². The molecule has 0 spiro atoms. The minimum Gasteiger partial charge on any atom is -0.309 e. The Morgan fingerprint density at radius 3 is 1.57 bits per heavy atom. The molecule has 11 rings (SSSR count). The Morgan fingerprint density at radius 1 is 0.333 bits per heavy atom. The molecule has 1 aliphatic carbocycles. The van der Waals surface area contributed by atoms with Crippen LogP contribution in [0.5, 0.6) is 0 Å². The molecular formula is C49H32N2. The Balaban J connectivity index is 1.19. The van der Waals surface area contributed by atoms with E-state index in [1.807, 2.05) is 0 Å². The summed E-state index contributed by atoms with van der Waals surface area (Å²) in [6.07, 6.45) is 0. The van der Waals surface area contributed by atoms with Crippen LogP contribution in [0.2, 0.25) is 0 Å². The van der Waals surface area contributed by atoms with Gasteiger partial charge in [-0.05, 0) is 99.6 Å². The van der Waals surface area contributed by atoms with Gasteiger partial charge in [0.25, 0.3) is 0 Å². The molecule has 10 aromatic rings. The summed E-state index contributed by atoms with van der Waals surface area (Å²) in [5, 5.41) is 5.10. The van der Waals surface area contributed by atoms with Gasteiger partial charge in [0.05, 0.1) is 22.1 Å². The van der Waals surface area contributed by atoms with Gasteiger partial charge in [-0.1, -0.05) is 127 Å². The van der Waals surface area contributed by atoms with Crippen LogP contribution < -0.4 is 0 Å². The van der Waals surface area contributed by atoms with Crippen LogP contribution in [-0.4, -0.2) is 9.13 Å². The summed E-state index contributed by atoms with van der Waals surface area (Å²) in [5.41, 5.74) is 16.4. The maximum atomic E-state index is 2.44. The first-order valence-corrected chi connectivity index (χ1v) is 17.7. The van der Waals surface area contributed by atoms with Crippen molar-refractivity contribution in [2.45, 2.75) is 5.92 Å². The lowest BCUT2D eigenvalue weighted by Gasteiger charge is -2.14. The number of hydrogen-bond acceptors (Lipinski definition) is 0. The highest BCUT2D eigenvalue weighted by Gasteiger charge is 2.30. The molecule has 238 valence electrons. The van der Waals surface area contributed by atoms with Crippen LogP contribution in [0, 0.1) is 0 Å². The monoisotopic (exact) mass is 648 g/mol. The molecule has 2 nitrogen and oxygen atoms in total. The Morgan fingerprint density at radius 2 is 0.843 bits per heavy atom. The molecule has 0 saturated heterocycles. The van der Waals surface area contributed by atoms with Gasteiger partial charge in [0.2, 0.25) is 0 Å². The van der Waals surface area contributed by atoms with E-state index in [1.165, 1.54) is 88.2 Å². The van der Waals surface area contributed by atoms with E-state index < -0.39 is 0 Å². The van der Waals surface area contributed by atoms with Gasteiger partial charge >= 0.3 is 0 Å². The molecule has 2 aromatic heterocycles. The fourth-order valence-electron chi connectivity index (χ4n) is 8.85. The Kier molecular flexibility index (Phi) is 6.05. The van der Waals surface area contributed by atoms with E-state index in [-0.39, 0.29) is 5.92 Å². The van der Waals surface area contributed by atoms with Crippen molar-refractivity contribution < 1.29 is 0 Å². The van der Waals surface area contributed by atoms with Crippen molar-refractivity contribution in [3.8, 4) is 33.6 Å². The maximum Gasteiger partial charge on any atom is 0.0548 e. The second kappa shape index (κ2) is 10.9. The standard InChI is InChI=1S/C49H32N2/c1-4-14-32(15-5-1)47-38-21-11-10-20-37(38)41-30-33(24-26-39(41)47)34-25-27-44-42(31-34)49-46(51(44)36-18-8-3-9-19-36)29-28-45-48(49)40-22-12-13-23-43(40)50(45)35-16-6-2-7-17-35/h1-31,47H. The van der Waals surface area contributed by atoms with Crippen LogP contribution in [0.15, 0.2) is 188 Å². The number of nitrogens with zero attached hydrogens (tertiary/aromatic N) is 2. The van der Waals surface area contributed by atoms with E-state index in [4.69, 9.17) is 0 Å². The van der Waals surface area contributed by atoms with Crippen LogP contribution >= 0.6 is 0 Å². The van der Waals surface area contributed by atoms with Gasteiger partial charge in [-0.15, -0.1) is 0 Å². The minimum absolute atomic E-state index is 0.244. The Hall–Kier alpha value is -6.64. The predicted octanol–water partition coefficient (Wildman–Crippen LogP) is 12.7. The second-order valence-corrected chi connectivity index (χ2v) is 13.7. The predicted molar refractivity (Wildman–Crippen MR) is 213 cm³/mol. The van der Waals surface area contributed by atoms with Gasteiger partial charge in [0.1, 0.15) is 0 Å². The molecule has 2 heterocycles. The smallest absolute Gasteiger partial charge is 0.0548 e. The zero-order chi connectivity index (χ0) is 33.5. The van der Waals surface area contributed by atoms with Crippen molar-refractivity contribution in [2.75, 3.05) is 0 Å². The van der Waals surface area contributed by atoms with Gasteiger partial charge in [0.15, 0.2) is 0 Å². The molecule has 0 aliphatic heterocycles. The first kappa shape index (κ1) is 28.2. The van der Waals surface area contributed by atoms with E-state index in [0.717, 1.165) is 5.69 Å². The average molecular weight is 649 g/mol. The molecule has 0 N–H and O–H groups in total. The number of rotatable bonds is 4. The third kappa shape index (κ3) is 4.11. The van der Waals surface area contributed by atoms with Crippen molar-refractivity contribution in [2.24, 2.45) is 0 Å². The summed E-state index contributed by atoms with van der Waals surface area (Å²) in [7, 11) is 0. The molecule has 1 unspecified atom stereocenters. The summed E-state index contributed by atoms with van der Waals surface area (Å²) < 4.78 is 4.85. The second-order valence-electron chi connectivity index (χ2n) is 13.7. The van der Waals surface area contributed by atoms with Crippen LogP contribution in [0.25, 0.3) is 77.2 Å². The van der Waals surface area contributed by atoms with Gasteiger partial charge in [-0.2, -0.15) is 0 Å². The fourth-order valence-corrected chi connectivity index (χ4v) is 8.85. The number of hydrogen-bond donors (Lipinski definition) is 0. The molecule has 0 saturated carbocycles. The van der Waals surface area contributed by atoms with Gasteiger partial charge in [0, 0.05) is 38.8 Å². The molecule has 2 heteroatoms. The highest BCUT2D eigenvalue weighted by molar-refractivity contribution is 6.29. The molecular weight excluding hydrogens is 617 g/mol. The zero-order valence-corrected chi connectivity index (χ0v) is 27.9. The lowest BCUT2D eigenvalue weighted by molar-refractivity contribution is 1.02. The molecule has 0 radical (unpaired) electrons. The van der Waals surface area contributed by atoms with Crippen LogP contribution in [-0.2, 0) is 0 Å². The lowest BCUT2D eigenvalue weighted by atomic mass is 9.89. The van der Waals surface area contributed by atoms with E-state index in [2.05, 4.69) is 197 Å². The lowest BCUT2D eigenvalue weighted by Crippen LogP contribution is -1.98. The number of benzene rings is 8. The van der Waals surface area contributed by atoms with Crippen molar-refractivity contribution in [3.63, 3.8) is 0 Å². The topological polar surface area (TPSA) is 9.86 Å². The molecule has 0 fully saturated rings. The molecule has 8 aromatic carbocycles. The molecule has 0 bridgehead atoms.